The number of rotatable bonds is 12. The van der Waals surface area contributed by atoms with Crippen LogP contribution in [0.1, 0.15) is 61.7 Å². The number of hydrogen-bond donors (Lipinski definition) is 2. The monoisotopic (exact) mass is 516 g/mol. The van der Waals surface area contributed by atoms with Crippen LogP contribution in [0.5, 0.6) is 0 Å². The Morgan fingerprint density at radius 1 is 1.03 bits per heavy atom. The highest BCUT2D eigenvalue weighted by atomic mass is 35.5. The number of hydrogen-bond acceptors (Lipinski definition) is 6. The molecule has 3 aliphatic rings. The zero-order chi connectivity index (χ0) is 25.3. The fourth-order valence-electron chi connectivity index (χ4n) is 5.07. The van der Waals surface area contributed by atoms with E-state index >= 15 is 0 Å². The summed E-state index contributed by atoms with van der Waals surface area (Å²) in [6.45, 7) is 3.67. The van der Waals surface area contributed by atoms with Gasteiger partial charge in [-0.25, -0.2) is 0 Å². The molecule has 3 atom stereocenters. The Hall–Kier alpha value is -2.35. The molecule has 0 radical (unpaired) electrons. The number of Topliss-reactive ketones (excluding diaryl/α,β-unsaturated/α-hetero) is 1. The number of nitrogens with zero attached hydrogens (tertiary/aromatic N) is 1. The number of amides is 1. The Labute approximate surface area is 218 Å². The molecule has 1 aliphatic carbocycles. The molecule has 0 aromatic heterocycles. The molecule has 196 valence electrons. The molecule has 8 heteroatoms. The van der Waals surface area contributed by atoms with Gasteiger partial charge in [0.2, 0.25) is 5.91 Å². The predicted molar refractivity (Wildman–Crippen MR) is 139 cm³/mol. The lowest BCUT2D eigenvalue weighted by Gasteiger charge is -2.34. The molecule has 0 spiro atoms. The van der Waals surface area contributed by atoms with Gasteiger partial charge in [0.05, 0.1) is 12.1 Å². The summed E-state index contributed by atoms with van der Waals surface area (Å²) in [6, 6.07) is 6.58. The van der Waals surface area contributed by atoms with Crippen molar-refractivity contribution in [2.75, 3.05) is 32.8 Å². The Morgan fingerprint density at radius 2 is 1.72 bits per heavy atom. The highest BCUT2D eigenvalue weighted by molar-refractivity contribution is 6.30. The van der Waals surface area contributed by atoms with Crippen molar-refractivity contribution in [3.8, 4) is 0 Å². The number of nitrogens with one attached hydrogen (secondary N) is 1. The molecular formula is C28H37ClN2O5. The van der Waals surface area contributed by atoms with E-state index in [2.05, 4.69) is 10.2 Å². The summed E-state index contributed by atoms with van der Waals surface area (Å²) in [6.07, 6.45) is 9.22. The van der Waals surface area contributed by atoms with E-state index < -0.39 is 6.10 Å². The molecule has 0 bridgehead atoms. The molecule has 1 aromatic rings. The number of ether oxygens (including phenoxy) is 2. The fourth-order valence-corrected chi connectivity index (χ4v) is 5.19. The van der Waals surface area contributed by atoms with Crippen LogP contribution in [0.3, 0.4) is 0 Å². The molecule has 3 unspecified atom stereocenters. The molecule has 7 nitrogen and oxygen atoms in total. The number of halogens is 1. The largest absolute Gasteiger partial charge is 0.486 e. The van der Waals surface area contributed by atoms with Gasteiger partial charge in [0, 0.05) is 35.9 Å². The second kappa shape index (κ2) is 13.3. The van der Waals surface area contributed by atoms with Crippen LogP contribution < -0.4 is 5.32 Å². The third-order valence-electron chi connectivity index (χ3n) is 7.11. The van der Waals surface area contributed by atoms with Gasteiger partial charge in [0.1, 0.15) is 13.2 Å². The van der Waals surface area contributed by atoms with Crippen LogP contribution in [0.2, 0.25) is 5.02 Å². The maximum Gasteiger partial charge on any atom is 0.220 e. The van der Waals surface area contributed by atoms with Gasteiger partial charge in [0.25, 0.3) is 0 Å². The van der Waals surface area contributed by atoms with Crippen molar-refractivity contribution in [2.45, 2.75) is 63.5 Å². The van der Waals surface area contributed by atoms with Crippen LogP contribution in [-0.2, 0) is 14.3 Å². The van der Waals surface area contributed by atoms with Gasteiger partial charge >= 0.3 is 0 Å². The molecule has 2 fully saturated rings. The summed E-state index contributed by atoms with van der Waals surface area (Å²) < 4.78 is 11.3. The number of benzene rings is 1. The molecule has 2 heterocycles. The van der Waals surface area contributed by atoms with Crippen molar-refractivity contribution < 1.29 is 24.2 Å². The van der Waals surface area contributed by atoms with Gasteiger partial charge < -0.3 is 24.8 Å². The molecule has 4 rings (SSSR count). The highest BCUT2D eigenvalue weighted by Crippen LogP contribution is 2.30. The predicted octanol–water partition coefficient (Wildman–Crippen LogP) is 4.25. The summed E-state index contributed by atoms with van der Waals surface area (Å²) in [5, 5.41) is 15.0. The first kappa shape index (κ1) is 26.7. The van der Waals surface area contributed by atoms with Gasteiger partial charge in [-0.15, -0.1) is 0 Å². The quantitative estimate of drug-likeness (QED) is 0.319. The SMILES string of the molecule is O=C(CCCCCC(=O)c1ccc(Cl)cc1)NC(CN1CCCC1)C(O)C1C=C2OCCOC2=CC1. The lowest BCUT2D eigenvalue weighted by atomic mass is 9.88. The summed E-state index contributed by atoms with van der Waals surface area (Å²) in [7, 11) is 0. The van der Waals surface area contributed by atoms with E-state index in [0.29, 0.717) is 61.8 Å². The Morgan fingerprint density at radius 3 is 2.47 bits per heavy atom. The average molecular weight is 517 g/mol. The van der Waals surface area contributed by atoms with E-state index in [1.165, 1.54) is 0 Å². The van der Waals surface area contributed by atoms with Crippen molar-refractivity contribution >= 4 is 23.3 Å². The number of unbranched alkanes of at least 4 members (excludes halogenated alkanes) is 2. The first-order valence-electron chi connectivity index (χ1n) is 13.2. The number of allylic oxidation sites excluding steroid dienone is 1. The van der Waals surface area contributed by atoms with Gasteiger partial charge in [-0.05, 0) is 81.6 Å². The number of aliphatic hydroxyl groups is 1. The minimum absolute atomic E-state index is 0.0563. The van der Waals surface area contributed by atoms with Crippen LogP contribution in [0.25, 0.3) is 0 Å². The fraction of sp³-hybridized carbons (Fsp3) is 0.571. The molecular weight excluding hydrogens is 480 g/mol. The number of carbonyl (C=O) groups excluding carboxylic acids is 2. The first-order chi connectivity index (χ1) is 17.5. The molecule has 2 saturated heterocycles. The smallest absolute Gasteiger partial charge is 0.220 e. The standard InChI is InChI=1S/C28H37ClN2O5/c29-22-11-8-20(9-12-22)24(32)6-2-1-3-7-27(33)30-23(19-31-14-4-5-15-31)28(34)21-10-13-25-26(18-21)36-17-16-35-25/h8-9,11-13,18,21,23,28,34H,1-7,10,14-17,19H2,(H,30,33). The van der Waals surface area contributed by atoms with Crippen LogP contribution in [0, 0.1) is 5.92 Å². The van der Waals surface area contributed by atoms with Gasteiger partial charge in [-0.2, -0.15) is 0 Å². The molecule has 1 amide bonds. The van der Waals surface area contributed by atoms with Crippen molar-refractivity contribution in [3.63, 3.8) is 0 Å². The van der Waals surface area contributed by atoms with Crippen molar-refractivity contribution in [1.82, 2.24) is 10.2 Å². The average Bonchev–Trinajstić information content (AvgIpc) is 3.41. The normalized spacial score (nSPS) is 21.3. The van der Waals surface area contributed by atoms with E-state index in [0.717, 1.165) is 44.5 Å². The van der Waals surface area contributed by atoms with Gasteiger partial charge in [-0.3, -0.25) is 9.59 Å². The molecule has 2 aliphatic heterocycles. The lowest BCUT2D eigenvalue weighted by Crippen LogP contribution is -2.52. The molecule has 2 N–H and O–H groups in total. The molecule has 0 saturated carbocycles. The zero-order valence-electron chi connectivity index (χ0n) is 20.8. The maximum absolute atomic E-state index is 12.8. The third kappa shape index (κ3) is 7.58. The topological polar surface area (TPSA) is 88.1 Å². The summed E-state index contributed by atoms with van der Waals surface area (Å²) in [5.74, 6) is 1.34. The number of carbonyl (C=O) groups is 2. The minimum Gasteiger partial charge on any atom is -0.486 e. The van der Waals surface area contributed by atoms with Gasteiger partial charge in [0.15, 0.2) is 17.3 Å². The van der Waals surface area contributed by atoms with Crippen LogP contribution in [0.4, 0.5) is 0 Å². The second-order valence-corrected chi connectivity index (χ2v) is 10.3. The highest BCUT2D eigenvalue weighted by Gasteiger charge is 2.33. The number of fused-ring (bicyclic) bond motifs is 1. The van der Waals surface area contributed by atoms with Crippen LogP contribution >= 0.6 is 11.6 Å². The zero-order valence-corrected chi connectivity index (χ0v) is 21.5. The third-order valence-corrected chi connectivity index (χ3v) is 7.36. The lowest BCUT2D eigenvalue weighted by molar-refractivity contribution is -0.123. The van der Waals surface area contributed by atoms with Crippen LogP contribution in [-0.4, -0.2) is 66.7 Å². The van der Waals surface area contributed by atoms with E-state index in [-0.39, 0.29) is 23.7 Å². The number of aliphatic hydroxyl groups excluding tert-OH is 1. The number of ketones is 1. The summed E-state index contributed by atoms with van der Waals surface area (Å²) in [4.78, 5) is 27.4. The van der Waals surface area contributed by atoms with E-state index in [1.54, 1.807) is 24.3 Å². The Bertz CT molecular complexity index is 955. The number of likely N-dealkylation sites (tertiary alicyclic amines) is 1. The Balaban J connectivity index is 1.24. The van der Waals surface area contributed by atoms with Crippen LogP contribution in [0.15, 0.2) is 47.9 Å². The van der Waals surface area contributed by atoms with Gasteiger partial charge in [-0.1, -0.05) is 18.0 Å². The van der Waals surface area contributed by atoms with E-state index in [9.17, 15) is 14.7 Å². The van der Waals surface area contributed by atoms with Crippen molar-refractivity contribution in [2.24, 2.45) is 5.92 Å². The summed E-state index contributed by atoms with van der Waals surface area (Å²) >= 11 is 5.88. The maximum atomic E-state index is 12.8. The Kier molecular flexibility index (Phi) is 9.84. The summed E-state index contributed by atoms with van der Waals surface area (Å²) in [5.41, 5.74) is 0.667. The van der Waals surface area contributed by atoms with E-state index in [1.807, 2.05) is 12.2 Å². The molecule has 36 heavy (non-hydrogen) atoms. The van der Waals surface area contributed by atoms with Crippen molar-refractivity contribution in [3.05, 3.63) is 58.5 Å². The minimum atomic E-state index is -0.720. The molecule has 1 aromatic carbocycles. The van der Waals surface area contributed by atoms with Crippen molar-refractivity contribution in [1.29, 1.82) is 0 Å². The van der Waals surface area contributed by atoms with E-state index in [4.69, 9.17) is 21.1 Å². The second-order valence-electron chi connectivity index (χ2n) is 9.86. The first-order valence-corrected chi connectivity index (χ1v) is 13.5.